The van der Waals surface area contributed by atoms with Crippen molar-refractivity contribution in [2.45, 2.75) is 71.6 Å². The number of anilines is 1. The third kappa shape index (κ3) is 6.11. The number of carbonyl (C=O) groups is 2. The summed E-state index contributed by atoms with van der Waals surface area (Å²) in [6, 6.07) is 14.9. The summed E-state index contributed by atoms with van der Waals surface area (Å²) in [6.45, 7) is 8.18. The first-order chi connectivity index (χ1) is 17.2. The van der Waals surface area contributed by atoms with Gasteiger partial charge in [0.2, 0.25) is 5.91 Å². The number of para-hydroxylation sites is 2. The molecule has 1 N–H and O–H groups in total. The fraction of sp³-hybridized carbons (Fsp3) is 0.429. The normalized spacial score (nSPS) is 13.4. The smallest absolute Gasteiger partial charge is 0.410 e. The number of amides is 2. The first-order valence-electron chi connectivity index (χ1n) is 12.5. The van der Waals surface area contributed by atoms with Crippen molar-refractivity contribution in [2.75, 3.05) is 11.9 Å². The molecule has 8 nitrogen and oxygen atoms in total. The molecule has 2 aromatic carbocycles. The van der Waals surface area contributed by atoms with Crippen LogP contribution in [0.4, 0.5) is 10.5 Å². The van der Waals surface area contributed by atoms with Crippen molar-refractivity contribution in [2.24, 2.45) is 0 Å². The number of hydrogen-bond donors (Lipinski definition) is 1. The van der Waals surface area contributed by atoms with Gasteiger partial charge in [-0.3, -0.25) is 14.2 Å². The molecule has 0 radical (unpaired) electrons. The summed E-state index contributed by atoms with van der Waals surface area (Å²) < 4.78 is 7.28. The molecule has 1 fully saturated rings. The molecule has 36 heavy (non-hydrogen) atoms. The van der Waals surface area contributed by atoms with Gasteiger partial charge >= 0.3 is 6.09 Å². The van der Waals surface area contributed by atoms with Gasteiger partial charge in [-0.05, 0) is 64.3 Å². The molecule has 4 rings (SSSR count). The van der Waals surface area contributed by atoms with E-state index < -0.39 is 11.7 Å². The van der Waals surface area contributed by atoms with Crippen molar-refractivity contribution in [3.05, 3.63) is 70.3 Å². The average molecular weight is 491 g/mol. The van der Waals surface area contributed by atoms with Gasteiger partial charge in [0, 0.05) is 31.1 Å². The van der Waals surface area contributed by atoms with E-state index in [1.165, 1.54) is 0 Å². The van der Waals surface area contributed by atoms with Crippen LogP contribution in [0.15, 0.2) is 53.3 Å². The molecule has 190 valence electrons. The second-order valence-corrected chi connectivity index (χ2v) is 10.2. The first-order valence-corrected chi connectivity index (χ1v) is 12.5. The first kappa shape index (κ1) is 25.4. The molecule has 3 aromatic rings. The number of ether oxygens (including phenoxy) is 1. The number of benzene rings is 2. The van der Waals surface area contributed by atoms with Gasteiger partial charge < -0.3 is 15.0 Å². The van der Waals surface area contributed by atoms with E-state index in [4.69, 9.17) is 9.72 Å². The van der Waals surface area contributed by atoms with Gasteiger partial charge in [-0.2, -0.15) is 0 Å². The van der Waals surface area contributed by atoms with Gasteiger partial charge in [-0.15, -0.1) is 0 Å². The predicted octanol–water partition coefficient (Wildman–Crippen LogP) is 5.06. The lowest BCUT2D eigenvalue weighted by Crippen LogP contribution is -2.36. The molecule has 1 aromatic heterocycles. The quantitative estimate of drug-likeness (QED) is 0.476. The Balaban J connectivity index is 1.46. The van der Waals surface area contributed by atoms with E-state index in [9.17, 15) is 14.4 Å². The van der Waals surface area contributed by atoms with E-state index in [2.05, 4.69) is 5.32 Å². The summed E-state index contributed by atoms with van der Waals surface area (Å²) in [5.74, 6) is 0.472. The zero-order valence-electron chi connectivity index (χ0n) is 21.4. The number of fused-ring (bicyclic) bond motifs is 1. The lowest BCUT2D eigenvalue weighted by Gasteiger charge is -2.27. The SMILES string of the molecule is CCN(Cc1ccccc1NC(=O)CCc1nc2ccccc2c(=O)n1C1CC1)C(=O)OC(C)(C)C. The molecule has 0 unspecified atom stereocenters. The van der Waals surface area contributed by atoms with Crippen molar-refractivity contribution in [3.63, 3.8) is 0 Å². The Morgan fingerprint density at radius 1 is 1.11 bits per heavy atom. The van der Waals surface area contributed by atoms with Gasteiger partial charge in [0.15, 0.2) is 0 Å². The van der Waals surface area contributed by atoms with Crippen LogP contribution in [0.3, 0.4) is 0 Å². The van der Waals surface area contributed by atoms with Crippen LogP contribution in [0.5, 0.6) is 0 Å². The Bertz CT molecular complexity index is 1320. The summed E-state index contributed by atoms with van der Waals surface area (Å²) in [7, 11) is 0. The van der Waals surface area contributed by atoms with Crippen LogP contribution in [0.2, 0.25) is 0 Å². The highest BCUT2D eigenvalue weighted by molar-refractivity contribution is 5.91. The number of hydrogen-bond acceptors (Lipinski definition) is 5. The Morgan fingerprint density at radius 3 is 2.50 bits per heavy atom. The number of nitrogens with one attached hydrogen (secondary N) is 1. The maximum Gasteiger partial charge on any atom is 0.410 e. The third-order valence-corrected chi connectivity index (χ3v) is 6.05. The number of carbonyl (C=O) groups excluding carboxylic acids is 2. The van der Waals surface area contributed by atoms with E-state index in [0.29, 0.717) is 41.9 Å². The number of rotatable bonds is 8. The van der Waals surface area contributed by atoms with Crippen LogP contribution in [0.25, 0.3) is 10.9 Å². The molecule has 8 heteroatoms. The summed E-state index contributed by atoms with van der Waals surface area (Å²) in [4.78, 5) is 44.9. The lowest BCUT2D eigenvalue weighted by atomic mass is 10.1. The second-order valence-electron chi connectivity index (χ2n) is 10.2. The Labute approximate surface area is 211 Å². The molecule has 1 aliphatic carbocycles. The van der Waals surface area contributed by atoms with Gasteiger partial charge in [0.25, 0.3) is 5.56 Å². The molecular formula is C28H34N4O4. The van der Waals surface area contributed by atoms with E-state index in [1.807, 2.05) is 70.2 Å². The lowest BCUT2D eigenvalue weighted by molar-refractivity contribution is -0.116. The highest BCUT2D eigenvalue weighted by Crippen LogP contribution is 2.35. The van der Waals surface area contributed by atoms with Crippen LogP contribution in [-0.4, -0.2) is 38.6 Å². The Kier molecular flexibility index (Phi) is 7.43. The van der Waals surface area contributed by atoms with E-state index in [0.717, 1.165) is 18.4 Å². The number of aryl methyl sites for hydroxylation is 1. The topological polar surface area (TPSA) is 93.5 Å². The van der Waals surface area contributed by atoms with Crippen molar-refractivity contribution >= 4 is 28.6 Å². The van der Waals surface area contributed by atoms with Crippen LogP contribution in [0.1, 0.15) is 64.4 Å². The summed E-state index contributed by atoms with van der Waals surface area (Å²) in [5, 5.41) is 3.59. The molecule has 1 heterocycles. The number of nitrogens with zero attached hydrogens (tertiary/aromatic N) is 3. The maximum absolute atomic E-state index is 13.1. The highest BCUT2D eigenvalue weighted by Gasteiger charge is 2.28. The monoisotopic (exact) mass is 490 g/mol. The molecule has 0 atom stereocenters. The molecule has 1 saturated carbocycles. The van der Waals surface area contributed by atoms with Crippen molar-refractivity contribution in [3.8, 4) is 0 Å². The van der Waals surface area contributed by atoms with Crippen molar-refractivity contribution < 1.29 is 14.3 Å². The molecule has 0 saturated heterocycles. The van der Waals surface area contributed by atoms with Gasteiger partial charge in [-0.1, -0.05) is 30.3 Å². The van der Waals surface area contributed by atoms with Crippen LogP contribution < -0.4 is 10.9 Å². The van der Waals surface area contributed by atoms with Crippen LogP contribution >= 0.6 is 0 Å². The van der Waals surface area contributed by atoms with E-state index in [-0.39, 0.29) is 23.9 Å². The number of aromatic nitrogens is 2. The minimum absolute atomic E-state index is 0.0364. The van der Waals surface area contributed by atoms with Gasteiger partial charge in [-0.25, -0.2) is 9.78 Å². The summed E-state index contributed by atoms with van der Waals surface area (Å²) in [6.07, 6.45) is 2.07. The van der Waals surface area contributed by atoms with Crippen molar-refractivity contribution in [1.29, 1.82) is 0 Å². The third-order valence-electron chi connectivity index (χ3n) is 6.05. The van der Waals surface area contributed by atoms with Crippen LogP contribution in [0, 0.1) is 0 Å². The van der Waals surface area contributed by atoms with Gasteiger partial charge in [0.1, 0.15) is 11.4 Å². The summed E-state index contributed by atoms with van der Waals surface area (Å²) in [5.41, 5.74) is 1.50. The van der Waals surface area contributed by atoms with Gasteiger partial charge in [0.05, 0.1) is 17.4 Å². The average Bonchev–Trinajstić information content (AvgIpc) is 3.66. The highest BCUT2D eigenvalue weighted by atomic mass is 16.6. The minimum Gasteiger partial charge on any atom is -0.444 e. The van der Waals surface area contributed by atoms with E-state index >= 15 is 0 Å². The largest absolute Gasteiger partial charge is 0.444 e. The fourth-order valence-electron chi connectivity index (χ4n) is 4.13. The predicted molar refractivity (Wildman–Crippen MR) is 140 cm³/mol. The van der Waals surface area contributed by atoms with Crippen molar-refractivity contribution in [1.82, 2.24) is 14.5 Å². The van der Waals surface area contributed by atoms with Crippen LogP contribution in [-0.2, 0) is 22.5 Å². The zero-order valence-corrected chi connectivity index (χ0v) is 21.4. The maximum atomic E-state index is 13.1. The zero-order chi connectivity index (χ0) is 25.9. The van der Waals surface area contributed by atoms with E-state index in [1.54, 1.807) is 15.5 Å². The standard InChI is InChI=1S/C28H34N4O4/c1-5-31(27(35)36-28(2,3)4)18-19-10-6-8-12-22(19)30-25(33)17-16-24-29-23-13-9-7-11-21(23)26(34)32(24)20-14-15-20/h6-13,20H,5,14-18H2,1-4H3,(H,30,33). The Hall–Kier alpha value is -3.68. The molecule has 2 amide bonds. The molecular weight excluding hydrogens is 456 g/mol. The minimum atomic E-state index is -0.587. The second kappa shape index (κ2) is 10.5. The molecule has 1 aliphatic rings. The fourth-order valence-corrected chi connectivity index (χ4v) is 4.13. The molecule has 0 bridgehead atoms. The molecule has 0 aliphatic heterocycles. The summed E-state index contributed by atoms with van der Waals surface area (Å²) >= 11 is 0. The molecule has 0 spiro atoms. The Morgan fingerprint density at radius 2 is 1.81 bits per heavy atom.